The third-order valence-corrected chi connectivity index (χ3v) is 4.58. The van der Waals surface area contributed by atoms with E-state index in [1.54, 1.807) is 4.90 Å². The zero-order valence-corrected chi connectivity index (χ0v) is 18.3. The van der Waals surface area contributed by atoms with E-state index in [0.717, 1.165) is 5.56 Å². The third kappa shape index (κ3) is 10.5. The molecule has 11 heteroatoms. The van der Waals surface area contributed by atoms with Crippen molar-refractivity contribution >= 4 is 29.1 Å². The highest BCUT2D eigenvalue weighted by Crippen LogP contribution is 2.07. The molecule has 1 aromatic carbocycles. The summed E-state index contributed by atoms with van der Waals surface area (Å²) >= 11 is 0. The highest BCUT2D eigenvalue weighted by atomic mass is 16.5. The van der Waals surface area contributed by atoms with Crippen molar-refractivity contribution < 1.29 is 34.7 Å². The molecule has 0 fully saturated rings. The van der Waals surface area contributed by atoms with E-state index in [-0.39, 0.29) is 56.7 Å². The second kappa shape index (κ2) is 15.3. The van der Waals surface area contributed by atoms with Crippen molar-refractivity contribution in [2.24, 2.45) is 15.5 Å². The maximum Gasteiger partial charge on any atom is 0.305 e. The van der Waals surface area contributed by atoms with Crippen LogP contribution in [0.1, 0.15) is 31.2 Å². The molecular formula is C21H30N4O7. The smallest absolute Gasteiger partial charge is 0.305 e. The van der Waals surface area contributed by atoms with Gasteiger partial charge in [-0.2, -0.15) is 0 Å². The minimum absolute atomic E-state index is 0.0258. The molecule has 0 aliphatic rings. The number of hydrogen-bond acceptors (Lipinski definition) is 11. The summed E-state index contributed by atoms with van der Waals surface area (Å²) in [6, 6.07) is 9.40. The van der Waals surface area contributed by atoms with E-state index in [9.17, 15) is 25.2 Å². The highest BCUT2D eigenvalue weighted by Gasteiger charge is 2.18. The van der Waals surface area contributed by atoms with E-state index < -0.39 is 11.9 Å². The van der Waals surface area contributed by atoms with Crippen LogP contribution in [-0.4, -0.2) is 83.4 Å². The fraction of sp³-hybridized carbons (Fsp3) is 0.476. The Labute approximate surface area is 186 Å². The van der Waals surface area contributed by atoms with Crippen molar-refractivity contribution in [2.45, 2.75) is 32.1 Å². The number of benzene rings is 1. The fourth-order valence-electron chi connectivity index (χ4n) is 2.91. The normalized spacial score (nSPS) is 12.7. The molecule has 0 aromatic heterocycles. The standard InChI is InChI=1S/C21H30N4O7/c1-31-20(26)10-8-17(22-28)13-25(14-18(23-29)9-11-21(27)32-2)15-19(24-30)12-16-6-4-3-5-7-16/h3-7,28-30H,8-15H2,1-2H3/b22-17+,23-18+,24-19-. The predicted octanol–water partition coefficient (Wildman–Crippen LogP) is 1.93. The van der Waals surface area contributed by atoms with Crippen molar-refractivity contribution in [1.29, 1.82) is 0 Å². The van der Waals surface area contributed by atoms with Gasteiger partial charge in [-0.05, 0) is 5.56 Å². The monoisotopic (exact) mass is 450 g/mol. The lowest BCUT2D eigenvalue weighted by atomic mass is 10.1. The van der Waals surface area contributed by atoms with E-state index >= 15 is 0 Å². The molecule has 32 heavy (non-hydrogen) atoms. The van der Waals surface area contributed by atoms with Crippen LogP contribution in [0.15, 0.2) is 45.8 Å². The van der Waals surface area contributed by atoms with Gasteiger partial charge in [0.05, 0.1) is 44.2 Å². The van der Waals surface area contributed by atoms with Crippen LogP contribution in [0.4, 0.5) is 0 Å². The van der Waals surface area contributed by atoms with Crippen molar-refractivity contribution in [3.63, 3.8) is 0 Å². The van der Waals surface area contributed by atoms with Gasteiger partial charge in [-0.1, -0.05) is 45.8 Å². The molecule has 0 amide bonds. The van der Waals surface area contributed by atoms with Crippen LogP contribution in [0.3, 0.4) is 0 Å². The lowest BCUT2D eigenvalue weighted by Crippen LogP contribution is -2.39. The van der Waals surface area contributed by atoms with Gasteiger partial charge in [0.25, 0.3) is 0 Å². The molecule has 1 aromatic rings. The fourth-order valence-corrected chi connectivity index (χ4v) is 2.91. The Morgan fingerprint density at radius 1 is 0.750 bits per heavy atom. The minimum Gasteiger partial charge on any atom is -0.469 e. The Balaban J connectivity index is 2.94. The minimum atomic E-state index is -0.449. The van der Waals surface area contributed by atoms with Gasteiger partial charge in [0.1, 0.15) is 0 Å². The maximum absolute atomic E-state index is 11.4. The summed E-state index contributed by atoms with van der Waals surface area (Å²) in [7, 11) is 2.53. The SMILES string of the molecule is COC(=O)CC/C(CN(C/C(Cc1ccccc1)=N\O)C/C(CCC(=O)OC)=N/O)=N\O. The molecule has 0 radical (unpaired) electrons. The number of ether oxygens (including phenoxy) is 2. The molecule has 176 valence electrons. The van der Waals surface area contributed by atoms with Gasteiger partial charge >= 0.3 is 11.9 Å². The highest BCUT2D eigenvalue weighted by molar-refractivity contribution is 5.93. The van der Waals surface area contributed by atoms with E-state index in [1.165, 1.54) is 14.2 Å². The first-order chi connectivity index (χ1) is 15.4. The Bertz CT molecular complexity index is 772. The van der Waals surface area contributed by atoms with E-state index in [2.05, 4.69) is 24.9 Å². The number of oxime groups is 3. The summed E-state index contributed by atoms with van der Waals surface area (Å²) in [5.74, 6) is -0.898. The topological polar surface area (TPSA) is 154 Å². The van der Waals surface area contributed by atoms with Gasteiger partial charge in [0.15, 0.2) is 0 Å². The summed E-state index contributed by atoms with van der Waals surface area (Å²) in [6.07, 6.45) is 0.723. The summed E-state index contributed by atoms with van der Waals surface area (Å²) in [6.45, 7) is 0.344. The van der Waals surface area contributed by atoms with Crippen LogP contribution in [0.5, 0.6) is 0 Å². The Kier molecular flexibility index (Phi) is 12.7. The van der Waals surface area contributed by atoms with Crippen LogP contribution in [0.2, 0.25) is 0 Å². The number of carbonyl (C=O) groups excluding carboxylic acids is 2. The number of hydrogen-bond donors (Lipinski definition) is 3. The molecule has 1 rings (SSSR count). The molecule has 0 atom stereocenters. The zero-order valence-electron chi connectivity index (χ0n) is 18.3. The van der Waals surface area contributed by atoms with Gasteiger partial charge in [0, 0.05) is 38.9 Å². The zero-order chi connectivity index (χ0) is 23.8. The Hall–Kier alpha value is -3.47. The summed E-state index contributed by atoms with van der Waals surface area (Å²) in [5, 5.41) is 38.2. The number of methoxy groups -OCH3 is 2. The van der Waals surface area contributed by atoms with Gasteiger partial charge in [-0.25, -0.2) is 0 Å². The number of rotatable bonds is 14. The van der Waals surface area contributed by atoms with Crippen molar-refractivity contribution in [2.75, 3.05) is 33.9 Å². The lowest BCUT2D eigenvalue weighted by Gasteiger charge is -2.23. The van der Waals surface area contributed by atoms with Gasteiger partial charge in [-0.3, -0.25) is 14.5 Å². The molecule has 0 spiro atoms. The number of esters is 2. The van der Waals surface area contributed by atoms with Crippen LogP contribution >= 0.6 is 0 Å². The van der Waals surface area contributed by atoms with E-state index in [0.29, 0.717) is 12.1 Å². The molecule has 11 nitrogen and oxygen atoms in total. The van der Waals surface area contributed by atoms with Crippen LogP contribution < -0.4 is 0 Å². The summed E-state index contributed by atoms with van der Waals surface area (Å²) in [4.78, 5) is 24.6. The molecule has 0 aliphatic carbocycles. The molecule has 0 bridgehead atoms. The van der Waals surface area contributed by atoms with Crippen LogP contribution in [-0.2, 0) is 25.5 Å². The average Bonchev–Trinajstić information content (AvgIpc) is 2.83. The first-order valence-corrected chi connectivity index (χ1v) is 9.95. The molecule has 0 aliphatic heterocycles. The maximum atomic E-state index is 11.4. The Morgan fingerprint density at radius 2 is 1.19 bits per heavy atom. The van der Waals surface area contributed by atoms with E-state index in [1.807, 2.05) is 30.3 Å². The second-order valence-electron chi connectivity index (χ2n) is 6.96. The Morgan fingerprint density at radius 3 is 1.59 bits per heavy atom. The molecule has 0 saturated heterocycles. The van der Waals surface area contributed by atoms with Crippen LogP contribution in [0.25, 0.3) is 0 Å². The molecular weight excluding hydrogens is 420 g/mol. The molecule has 3 N–H and O–H groups in total. The third-order valence-electron chi connectivity index (χ3n) is 4.58. The molecule has 0 saturated carbocycles. The van der Waals surface area contributed by atoms with Crippen LogP contribution in [0, 0.1) is 0 Å². The lowest BCUT2D eigenvalue weighted by molar-refractivity contribution is -0.141. The van der Waals surface area contributed by atoms with Gasteiger partial charge < -0.3 is 25.1 Å². The van der Waals surface area contributed by atoms with Gasteiger partial charge in [0.2, 0.25) is 0 Å². The predicted molar refractivity (Wildman–Crippen MR) is 117 cm³/mol. The number of carbonyl (C=O) groups is 2. The summed E-state index contributed by atoms with van der Waals surface area (Å²) in [5.41, 5.74) is 1.94. The molecule has 0 unspecified atom stereocenters. The second-order valence-corrected chi connectivity index (χ2v) is 6.96. The first-order valence-electron chi connectivity index (χ1n) is 9.95. The van der Waals surface area contributed by atoms with E-state index in [4.69, 9.17) is 0 Å². The average molecular weight is 450 g/mol. The largest absolute Gasteiger partial charge is 0.469 e. The van der Waals surface area contributed by atoms with Crippen molar-refractivity contribution in [3.05, 3.63) is 35.9 Å². The van der Waals surface area contributed by atoms with Gasteiger partial charge in [-0.15, -0.1) is 0 Å². The van der Waals surface area contributed by atoms with Crippen molar-refractivity contribution in [3.8, 4) is 0 Å². The number of nitrogens with zero attached hydrogens (tertiary/aromatic N) is 4. The molecule has 0 heterocycles. The quantitative estimate of drug-likeness (QED) is 0.168. The van der Waals surface area contributed by atoms with Crippen molar-refractivity contribution in [1.82, 2.24) is 4.90 Å². The first kappa shape index (κ1) is 26.6. The summed E-state index contributed by atoms with van der Waals surface area (Å²) < 4.78 is 9.22.